The Morgan fingerprint density at radius 2 is 2.29 bits per heavy atom. The van der Waals surface area contributed by atoms with Crippen molar-refractivity contribution in [2.45, 2.75) is 32.2 Å². The second kappa shape index (κ2) is 3.62. The Hall–Kier alpha value is -1.77. The number of aromatic nitrogens is 1. The number of hydrogen-bond donors (Lipinski definition) is 1. The van der Waals surface area contributed by atoms with Gasteiger partial charge in [-0.25, -0.2) is 4.79 Å². The highest BCUT2D eigenvalue weighted by Gasteiger charge is 2.27. The van der Waals surface area contributed by atoms with Gasteiger partial charge in [0.05, 0.1) is 0 Å². The first-order chi connectivity index (χ1) is 8.18. The van der Waals surface area contributed by atoms with Crippen LogP contribution in [0.15, 0.2) is 24.3 Å². The van der Waals surface area contributed by atoms with E-state index in [0.29, 0.717) is 0 Å². The van der Waals surface area contributed by atoms with Gasteiger partial charge in [-0.1, -0.05) is 12.1 Å². The summed E-state index contributed by atoms with van der Waals surface area (Å²) >= 11 is 0. The summed E-state index contributed by atoms with van der Waals surface area (Å²) < 4.78 is 2.01. The smallest absolute Gasteiger partial charge is 0.326 e. The lowest BCUT2D eigenvalue weighted by atomic mass is 10.0. The first kappa shape index (κ1) is 10.4. The van der Waals surface area contributed by atoms with E-state index in [-0.39, 0.29) is 0 Å². The lowest BCUT2D eigenvalue weighted by Crippen LogP contribution is -2.24. The number of carboxylic acid groups (broad SMARTS) is 1. The number of hydrogen-bond acceptors (Lipinski definition) is 1. The van der Waals surface area contributed by atoms with Crippen LogP contribution in [0.4, 0.5) is 0 Å². The minimum Gasteiger partial charge on any atom is -0.480 e. The molecule has 1 N–H and O–H groups in total. The molecule has 1 unspecified atom stereocenters. The van der Waals surface area contributed by atoms with Crippen LogP contribution in [-0.4, -0.2) is 15.6 Å². The van der Waals surface area contributed by atoms with Gasteiger partial charge in [0, 0.05) is 16.6 Å². The molecule has 1 aromatic carbocycles. The summed E-state index contributed by atoms with van der Waals surface area (Å²) in [7, 11) is 0. The van der Waals surface area contributed by atoms with Gasteiger partial charge in [-0.3, -0.25) is 0 Å². The zero-order valence-electron chi connectivity index (χ0n) is 9.81. The van der Waals surface area contributed by atoms with Gasteiger partial charge in [0.25, 0.3) is 0 Å². The van der Waals surface area contributed by atoms with Crippen molar-refractivity contribution in [1.29, 1.82) is 0 Å². The Balaban J connectivity index is 2.31. The summed E-state index contributed by atoms with van der Waals surface area (Å²) in [6.07, 6.45) is 2.68. The molecule has 0 aliphatic carbocycles. The molecule has 3 nitrogen and oxygen atoms in total. The van der Waals surface area contributed by atoms with E-state index < -0.39 is 12.0 Å². The quantitative estimate of drug-likeness (QED) is 0.817. The van der Waals surface area contributed by atoms with E-state index in [1.54, 1.807) is 0 Å². The molecule has 0 saturated carbocycles. The fourth-order valence-electron chi connectivity index (χ4n) is 2.85. The van der Waals surface area contributed by atoms with Gasteiger partial charge >= 0.3 is 5.97 Å². The number of aliphatic carboxylic acids is 1. The third-order valence-corrected chi connectivity index (χ3v) is 3.69. The molecule has 17 heavy (non-hydrogen) atoms. The van der Waals surface area contributed by atoms with Gasteiger partial charge in [0.15, 0.2) is 0 Å². The zero-order chi connectivity index (χ0) is 12.0. The number of benzene rings is 1. The van der Waals surface area contributed by atoms with Gasteiger partial charge in [-0.05, 0) is 43.9 Å². The van der Waals surface area contributed by atoms with Crippen molar-refractivity contribution in [3.05, 3.63) is 35.5 Å². The molecule has 3 rings (SSSR count). The molecule has 0 radical (unpaired) electrons. The molecule has 1 aliphatic heterocycles. The van der Waals surface area contributed by atoms with E-state index in [2.05, 4.69) is 19.1 Å². The van der Waals surface area contributed by atoms with E-state index >= 15 is 0 Å². The lowest BCUT2D eigenvalue weighted by molar-refractivity contribution is -0.141. The highest BCUT2D eigenvalue weighted by Crippen LogP contribution is 2.33. The van der Waals surface area contributed by atoms with Crippen molar-refractivity contribution in [1.82, 2.24) is 4.57 Å². The van der Waals surface area contributed by atoms with E-state index in [1.807, 2.05) is 16.7 Å². The van der Waals surface area contributed by atoms with Crippen LogP contribution in [0, 0.1) is 6.92 Å². The van der Waals surface area contributed by atoms with E-state index in [9.17, 15) is 9.90 Å². The fraction of sp³-hybridized carbons (Fsp3) is 0.357. The number of aryl methyl sites for hydroxylation is 2. The number of nitrogens with zero attached hydrogens (tertiary/aromatic N) is 1. The van der Waals surface area contributed by atoms with Crippen LogP contribution in [0.3, 0.4) is 0 Å². The lowest BCUT2D eigenvalue weighted by Gasteiger charge is -2.23. The maximum Gasteiger partial charge on any atom is 0.326 e. The maximum atomic E-state index is 11.3. The second-order valence-corrected chi connectivity index (χ2v) is 4.76. The standard InChI is InChI=1S/C14H15NO2/c1-9-4-2-6-12-11(9)8-10-5-3-7-13(14(16)17)15(10)12/h2,4,6,8,13H,3,5,7H2,1H3,(H,16,17). The van der Waals surface area contributed by atoms with E-state index in [4.69, 9.17) is 0 Å². The van der Waals surface area contributed by atoms with Gasteiger partial charge in [-0.2, -0.15) is 0 Å². The minimum atomic E-state index is -0.718. The van der Waals surface area contributed by atoms with Crippen molar-refractivity contribution >= 4 is 16.9 Å². The molecule has 1 atom stereocenters. The van der Waals surface area contributed by atoms with Crippen molar-refractivity contribution in [2.75, 3.05) is 0 Å². The Labute approximate surface area is 99.7 Å². The summed E-state index contributed by atoms with van der Waals surface area (Å²) in [4.78, 5) is 11.3. The molecular weight excluding hydrogens is 214 g/mol. The van der Waals surface area contributed by atoms with Crippen LogP contribution in [0.5, 0.6) is 0 Å². The van der Waals surface area contributed by atoms with Crippen LogP contribution < -0.4 is 0 Å². The number of carbonyl (C=O) groups is 1. The molecule has 2 aromatic rings. The van der Waals surface area contributed by atoms with Crippen LogP contribution in [0.1, 0.15) is 30.1 Å². The van der Waals surface area contributed by atoms with Crippen LogP contribution in [0.2, 0.25) is 0 Å². The first-order valence-corrected chi connectivity index (χ1v) is 6.00. The summed E-state index contributed by atoms with van der Waals surface area (Å²) in [6.45, 7) is 2.07. The topological polar surface area (TPSA) is 42.2 Å². The molecule has 0 bridgehead atoms. The van der Waals surface area contributed by atoms with E-state index in [1.165, 1.54) is 10.9 Å². The molecule has 0 fully saturated rings. The number of rotatable bonds is 1. The highest BCUT2D eigenvalue weighted by molar-refractivity contribution is 5.87. The molecule has 0 saturated heterocycles. The Bertz CT molecular complexity index is 598. The van der Waals surface area contributed by atoms with Gasteiger partial charge in [0.2, 0.25) is 0 Å². The van der Waals surface area contributed by atoms with Gasteiger partial charge < -0.3 is 9.67 Å². The van der Waals surface area contributed by atoms with Gasteiger partial charge in [0.1, 0.15) is 6.04 Å². The fourth-order valence-corrected chi connectivity index (χ4v) is 2.85. The SMILES string of the molecule is Cc1cccc2c1cc1n2C(C(=O)O)CCC1. The minimum absolute atomic E-state index is 0.391. The van der Waals surface area contributed by atoms with Crippen LogP contribution in [-0.2, 0) is 11.2 Å². The molecule has 0 amide bonds. The normalized spacial score (nSPS) is 19.2. The largest absolute Gasteiger partial charge is 0.480 e. The molecule has 88 valence electrons. The average Bonchev–Trinajstić information content (AvgIpc) is 2.69. The molecule has 3 heteroatoms. The van der Waals surface area contributed by atoms with Crippen molar-refractivity contribution in [3.8, 4) is 0 Å². The molecule has 1 aromatic heterocycles. The molecule has 2 heterocycles. The molecule has 0 spiro atoms. The van der Waals surface area contributed by atoms with Crippen LogP contribution in [0.25, 0.3) is 10.9 Å². The predicted octanol–water partition coefficient (Wildman–Crippen LogP) is 2.91. The highest BCUT2D eigenvalue weighted by atomic mass is 16.4. The summed E-state index contributed by atoms with van der Waals surface area (Å²) in [6, 6.07) is 7.85. The second-order valence-electron chi connectivity index (χ2n) is 4.76. The Morgan fingerprint density at radius 1 is 1.47 bits per heavy atom. The van der Waals surface area contributed by atoms with Gasteiger partial charge in [-0.15, -0.1) is 0 Å². The Morgan fingerprint density at radius 3 is 3.06 bits per heavy atom. The summed E-state index contributed by atoms with van der Waals surface area (Å²) in [5.41, 5.74) is 3.44. The molecular formula is C14H15NO2. The number of fused-ring (bicyclic) bond motifs is 3. The van der Waals surface area contributed by atoms with Crippen molar-refractivity contribution in [2.24, 2.45) is 0 Å². The monoisotopic (exact) mass is 229 g/mol. The first-order valence-electron chi connectivity index (χ1n) is 6.00. The maximum absolute atomic E-state index is 11.3. The Kier molecular flexibility index (Phi) is 2.21. The van der Waals surface area contributed by atoms with Crippen LogP contribution >= 0.6 is 0 Å². The number of carboxylic acids is 1. The predicted molar refractivity (Wildman–Crippen MR) is 66.3 cm³/mol. The van der Waals surface area contributed by atoms with Crippen molar-refractivity contribution < 1.29 is 9.90 Å². The average molecular weight is 229 g/mol. The van der Waals surface area contributed by atoms with E-state index in [0.717, 1.165) is 30.5 Å². The van der Waals surface area contributed by atoms with Crippen molar-refractivity contribution in [3.63, 3.8) is 0 Å². The third kappa shape index (κ3) is 1.46. The zero-order valence-corrected chi connectivity index (χ0v) is 9.81. The molecule has 1 aliphatic rings. The summed E-state index contributed by atoms with van der Waals surface area (Å²) in [5.74, 6) is -0.718. The third-order valence-electron chi connectivity index (χ3n) is 3.69. The summed E-state index contributed by atoms with van der Waals surface area (Å²) in [5, 5.41) is 10.5.